The molecule has 2 fully saturated rings. The van der Waals surface area contributed by atoms with Crippen LogP contribution in [0.15, 0.2) is 0 Å². The minimum absolute atomic E-state index is 0.174. The first kappa shape index (κ1) is 12.8. The summed E-state index contributed by atoms with van der Waals surface area (Å²) in [7, 11) is 2.15. The molecule has 0 radical (unpaired) electrons. The van der Waals surface area contributed by atoms with Crippen LogP contribution < -0.4 is 0 Å². The normalized spacial score (nSPS) is 27.8. The second-order valence-electron chi connectivity index (χ2n) is 5.37. The molecule has 0 amide bonds. The standard InChI is InChI=1S/C13H24N4/c1-3-16-8-10-17(11-9-16)13(12-14)4-6-15(2)7-5-13/h3-11H2,1-2H3. The van der Waals surface area contributed by atoms with Crippen LogP contribution in [0.2, 0.25) is 0 Å². The Bertz CT molecular complexity index is 280. The van der Waals surface area contributed by atoms with Gasteiger partial charge < -0.3 is 9.80 Å². The Morgan fingerprint density at radius 2 is 1.65 bits per heavy atom. The Morgan fingerprint density at radius 1 is 1.06 bits per heavy atom. The summed E-state index contributed by atoms with van der Waals surface area (Å²) in [6.07, 6.45) is 2.01. The fourth-order valence-corrected chi connectivity index (χ4v) is 2.98. The predicted octanol–water partition coefficient (Wildman–Crippen LogP) is 0.612. The number of hydrogen-bond donors (Lipinski definition) is 0. The number of nitrogens with zero attached hydrogens (tertiary/aromatic N) is 4. The Morgan fingerprint density at radius 3 is 2.12 bits per heavy atom. The van der Waals surface area contributed by atoms with Crippen molar-refractivity contribution in [1.29, 1.82) is 5.26 Å². The molecule has 2 saturated heterocycles. The molecule has 0 atom stereocenters. The van der Waals surface area contributed by atoms with Gasteiger partial charge in [0.25, 0.3) is 0 Å². The highest BCUT2D eigenvalue weighted by molar-refractivity contribution is 5.11. The van der Waals surface area contributed by atoms with Gasteiger partial charge in [-0.2, -0.15) is 5.26 Å². The highest BCUT2D eigenvalue weighted by Crippen LogP contribution is 2.28. The monoisotopic (exact) mass is 236 g/mol. The zero-order chi connectivity index (χ0) is 12.3. The molecular weight excluding hydrogens is 212 g/mol. The van der Waals surface area contributed by atoms with E-state index in [1.807, 2.05) is 0 Å². The van der Waals surface area contributed by atoms with Crippen molar-refractivity contribution in [3.63, 3.8) is 0 Å². The van der Waals surface area contributed by atoms with Gasteiger partial charge in [-0.1, -0.05) is 6.92 Å². The van der Waals surface area contributed by atoms with Gasteiger partial charge in [-0.05, 0) is 26.4 Å². The molecule has 96 valence electrons. The van der Waals surface area contributed by atoms with E-state index >= 15 is 0 Å². The average Bonchev–Trinajstić information content (AvgIpc) is 2.40. The van der Waals surface area contributed by atoms with E-state index in [2.05, 4.69) is 34.7 Å². The predicted molar refractivity (Wildman–Crippen MR) is 68.8 cm³/mol. The Labute approximate surface area is 105 Å². The van der Waals surface area contributed by atoms with Crippen molar-refractivity contribution < 1.29 is 0 Å². The van der Waals surface area contributed by atoms with Crippen LogP contribution in [0.5, 0.6) is 0 Å². The van der Waals surface area contributed by atoms with E-state index in [1.54, 1.807) is 0 Å². The summed E-state index contributed by atoms with van der Waals surface area (Å²) in [6, 6.07) is 2.62. The van der Waals surface area contributed by atoms with Crippen LogP contribution in [-0.2, 0) is 0 Å². The maximum Gasteiger partial charge on any atom is 0.111 e. The molecule has 4 heteroatoms. The van der Waals surface area contributed by atoms with Gasteiger partial charge in [0.2, 0.25) is 0 Å². The van der Waals surface area contributed by atoms with E-state index in [0.717, 1.165) is 58.7 Å². The van der Waals surface area contributed by atoms with Crippen molar-refractivity contribution in [2.75, 3.05) is 52.9 Å². The Kier molecular flexibility index (Phi) is 4.03. The van der Waals surface area contributed by atoms with Crippen LogP contribution >= 0.6 is 0 Å². The molecule has 2 rings (SSSR count). The highest BCUT2D eigenvalue weighted by atomic mass is 15.3. The number of nitriles is 1. The minimum atomic E-state index is -0.174. The zero-order valence-electron chi connectivity index (χ0n) is 11.2. The van der Waals surface area contributed by atoms with E-state index < -0.39 is 0 Å². The van der Waals surface area contributed by atoms with Crippen molar-refractivity contribution in [2.24, 2.45) is 0 Å². The number of rotatable bonds is 2. The maximum absolute atomic E-state index is 9.58. The third kappa shape index (κ3) is 2.62. The molecule has 0 aliphatic carbocycles. The lowest BCUT2D eigenvalue weighted by molar-refractivity contribution is 0.0281. The topological polar surface area (TPSA) is 33.5 Å². The summed E-state index contributed by atoms with van der Waals surface area (Å²) in [5, 5.41) is 9.58. The second-order valence-corrected chi connectivity index (χ2v) is 5.37. The molecule has 2 aliphatic heterocycles. The van der Waals surface area contributed by atoms with E-state index in [4.69, 9.17) is 0 Å². The lowest BCUT2D eigenvalue weighted by atomic mass is 9.86. The van der Waals surface area contributed by atoms with Crippen molar-refractivity contribution in [3.05, 3.63) is 0 Å². The SMILES string of the molecule is CCN1CCN(C2(C#N)CCN(C)CC2)CC1. The molecule has 17 heavy (non-hydrogen) atoms. The summed E-state index contributed by atoms with van der Waals surface area (Å²) in [5.74, 6) is 0. The number of piperidine rings is 1. The van der Waals surface area contributed by atoms with Crippen LogP contribution in [0.3, 0.4) is 0 Å². The number of piperazine rings is 1. The zero-order valence-corrected chi connectivity index (χ0v) is 11.2. The van der Waals surface area contributed by atoms with Crippen LogP contribution in [0.4, 0.5) is 0 Å². The van der Waals surface area contributed by atoms with Gasteiger partial charge in [0.15, 0.2) is 0 Å². The average molecular weight is 236 g/mol. The molecule has 0 spiro atoms. The van der Waals surface area contributed by atoms with E-state index in [1.165, 1.54) is 0 Å². The molecule has 4 nitrogen and oxygen atoms in total. The van der Waals surface area contributed by atoms with Crippen molar-refractivity contribution >= 4 is 0 Å². The molecule has 0 N–H and O–H groups in total. The van der Waals surface area contributed by atoms with Crippen LogP contribution in [-0.4, -0.2) is 73.1 Å². The van der Waals surface area contributed by atoms with Crippen LogP contribution in [0, 0.1) is 11.3 Å². The summed E-state index contributed by atoms with van der Waals surface area (Å²) in [4.78, 5) is 7.24. The van der Waals surface area contributed by atoms with Crippen LogP contribution in [0.25, 0.3) is 0 Å². The summed E-state index contributed by atoms with van der Waals surface area (Å²) >= 11 is 0. The quantitative estimate of drug-likeness (QED) is 0.703. The Hall–Kier alpha value is -0.630. The minimum Gasteiger partial charge on any atom is -0.306 e. The van der Waals surface area contributed by atoms with Gasteiger partial charge in [-0.25, -0.2) is 0 Å². The van der Waals surface area contributed by atoms with E-state index in [-0.39, 0.29) is 5.54 Å². The third-order valence-corrected chi connectivity index (χ3v) is 4.45. The largest absolute Gasteiger partial charge is 0.306 e. The van der Waals surface area contributed by atoms with Crippen molar-refractivity contribution in [1.82, 2.24) is 14.7 Å². The van der Waals surface area contributed by atoms with Gasteiger partial charge >= 0.3 is 0 Å². The number of likely N-dealkylation sites (tertiary alicyclic amines) is 1. The fourth-order valence-electron chi connectivity index (χ4n) is 2.98. The van der Waals surface area contributed by atoms with Gasteiger partial charge in [-0.15, -0.1) is 0 Å². The first-order valence-electron chi connectivity index (χ1n) is 6.77. The highest BCUT2D eigenvalue weighted by Gasteiger charge is 2.40. The first-order chi connectivity index (χ1) is 8.20. The second kappa shape index (κ2) is 5.34. The summed E-state index contributed by atoms with van der Waals surface area (Å²) in [6.45, 7) is 9.83. The van der Waals surface area contributed by atoms with Gasteiger partial charge in [0, 0.05) is 39.3 Å². The molecular formula is C13H24N4. The fraction of sp³-hybridized carbons (Fsp3) is 0.923. The van der Waals surface area contributed by atoms with Gasteiger partial charge in [0.05, 0.1) is 6.07 Å². The lowest BCUT2D eigenvalue weighted by Gasteiger charge is -2.47. The maximum atomic E-state index is 9.58. The van der Waals surface area contributed by atoms with Gasteiger partial charge in [-0.3, -0.25) is 4.90 Å². The van der Waals surface area contributed by atoms with Crippen molar-refractivity contribution in [2.45, 2.75) is 25.3 Å². The van der Waals surface area contributed by atoms with E-state index in [9.17, 15) is 5.26 Å². The first-order valence-corrected chi connectivity index (χ1v) is 6.77. The summed E-state index contributed by atoms with van der Waals surface area (Å²) < 4.78 is 0. The Balaban J connectivity index is 1.98. The molecule has 0 aromatic carbocycles. The molecule has 2 heterocycles. The summed E-state index contributed by atoms with van der Waals surface area (Å²) in [5.41, 5.74) is -0.174. The molecule has 0 saturated carbocycles. The van der Waals surface area contributed by atoms with Crippen LogP contribution in [0.1, 0.15) is 19.8 Å². The van der Waals surface area contributed by atoms with Crippen molar-refractivity contribution in [3.8, 4) is 6.07 Å². The molecule has 0 aromatic heterocycles. The third-order valence-electron chi connectivity index (χ3n) is 4.45. The number of likely N-dealkylation sites (N-methyl/N-ethyl adjacent to an activating group) is 1. The smallest absolute Gasteiger partial charge is 0.111 e. The molecule has 0 bridgehead atoms. The van der Waals surface area contributed by atoms with E-state index in [0.29, 0.717) is 0 Å². The lowest BCUT2D eigenvalue weighted by Crippen LogP contribution is -2.59. The number of hydrogen-bond acceptors (Lipinski definition) is 4. The van der Waals surface area contributed by atoms with Gasteiger partial charge in [0.1, 0.15) is 5.54 Å². The molecule has 0 unspecified atom stereocenters. The molecule has 0 aromatic rings. The molecule has 2 aliphatic rings.